The van der Waals surface area contributed by atoms with E-state index in [0.29, 0.717) is 33.3 Å². The van der Waals surface area contributed by atoms with E-state index < -0.39 is 0 Å². The van der Waals surface area contributed by atoms with E-state index in [1.165, 1.54) is 0 Å². The number of amides is 1. The Balaban J connectivity index is 1.62. The Kier molecular flexibility index (Phi) is 3.91. The van der Waals surface area contributed by atoms with Crippen molar-refractivity contribution in [2.75, 3.05) is 5.32 Å². The van der Waals surface area contributed by atoms with Crippen LogP contribution < -0.4 is 5.32 Å². The molecule has 0 unspecified atom stereocenters. The number of benzene rings is 2. The van der Waals surface area contributed by atoms with Crippen molar-refractivity contribution in [1.82, 2.24) is 9.97 Å². The molecule has 0 atom stereocenters. The second-order valence-electron chi connectivity index (χ2n) is 5.41. The molecule has 2 aromatic heterocycles. The number of hydrogen-bond donors (Lipinski definition) is 1. The predicted molar refractivity (Wildman–Crippen MR) is 96.6 cm³/mol. The van der Waals surface area contributed by atoms with E-state index in [4.69, 9.17) is 16.0 Å². The van der Waals surface area contributed by atoms with E-state index >= 15 is 0 Å². The molecular weight excluding hydrogens is 338 g/mol. The molecule has 0 spiro atoms. The Morgan fingerprint density at radius 1 is 1.08 bits per heavy atom. The number of halogens is 1. The lowest BCUT2D eigenvalue weighted by Crippen LogP contribution is -2.11. The Morgan fingerprint density at radius 3 is 2.80 bits per heavy atom. The van der Waals surface area contributed by atoms with Gasteiger partial charge in [-0.3, -0.25) is 9.78 Å². The van der Waals surface area contributed by atoms with Crippen LogP contribution in [0.4, 0.5) is 5.69 Å². The summed E-state index contributed by atoms with van der Waals surface area (Å²) in [4.78, 5) is 20.8. The van der Waals surface area contributed by atoms with Crippen molar-refractivity contribution in [2.45, 2.75) is 0 Å². The summed E-state index contributed by atoms with van der Waals surface area (Å²) in [6.07, 6.45) is 3.30. The third kappa shape index (κ3) is 3.22. The lowest BCUT2D eigenvalue weighted by atomic mass is 10.1. The highest BCUT2D eigenvalue weighted by Gasteiger charge is 2.11. The number of carbonyl (C=O) groups is 1. The molecule has 0 fully saturated rings. The maximum atomic E-state index is 12.3. The SMILES string of the molecule is O=C(Nc1cccc(-c2nc3cnccc3o2)c1)c1cccc(Cl)c1. The predicted octanol–water partition coefficient (Wildman–Crippen LogP) is 4.80. The van der Waals surface area contributed by atoms with Crippen molar-refractivity contribution in [3.8, 4) is 11.5 Å². The summed E-state index contributed by atoms with van der Waals surface area (Å²) in [5.74, 6) is 0.239. The summed E-state index contributed by atoms with van der Waals surface area (Å²) < 4.78 is 5.73. The van der Waals surface area contributed by atoms with Crippen LogP contribution in [0.1, 0.15) is 10.4 Å². The van der Waals surface area contributed by atoms with Crippen LogP contribution >= 0.6 is 11.6 Å². The molecule has 0 aliphatic rings. The molecule has 25 heavy (non-hydrogen) atoms. The third-order valence-electron chi connectivity index (χ3n) is 3.64. The van der Waals surface area contributed by atoms with Crippen molar-refractivity contribution >= 4 is 34.3 Å². The maximum Gasteiger partial charge on any atom is 0.255 e. The minimum Gasteiger partial charge on any atom is -0.436 e. The van der Waals surface area contributed by atoms with Crippen LogP contribution in [-0.4, -0.2) is 15.9 Å². The number of hydrogen-bond acceptors (Lipinski definition) is 4. The monoisotopic (exact) mass is 349 g/mol. The van der Waals surface area contributed by atoms with Gasteiger partial charge in [0.2, 0.25) is 5.89 Å². The van der Waals surface area contributed by atoms with Gasteiger partial charge < -0.3 is 9.73 Å². The molecule has 5 nitrogen and oxygen atoms in total. The molecule has 1 N–H and O–H groups in total. The van der Waals surface area contributed by atoms with Gasteiger partial charge in [-0.05, 0) is 36.4 Å². The quantitative estimate of drug-likeness (QED) is 0.577. The van der Waals surface area contributed by atoms with Crippen LogP contribution in [0.3, 0.4) is 0 Å². The van der Waals surface area contributed by atoms with Gasteiger partial charge in [0.25, 0.3) is 5.91 Å². The van der Waals surface area contributed by atoms with Crippen LogP contribution in [0.15, 0.2) is 71.4 Å². The molecule has 2 heterocycles. The molecule has 0 radical (unpaired) electrons. The Hall–Kier alpha value is -3.18. The Labute approximate surface area is 148 Å². The van der Waals surface area contributed by atoms with Crippen LogP contribution in [0, 0.1) is 0 Å². The molecule has 0 aliphatic carbocycles. The van der Waals surface area contributed by atoms with Gasteiger partial charge in [0.05, 0.1) is 6.20 Å². The first kappa shape index (κ1) is 15.4. The topological polar surface area (TPSA) is 68.0 Å². The second kappa shape index (κ2) is 6.37. The van der Waals surface area contributed by atoms with E-state index in [9.17, 15) is 4.79 Å². The van der Waals surface area contributed by atoms with Crippen LogP contribution in [0.2, 0.25) is 5.02 Å². The number of carbonyl (C=O) groups excluding carboxylic acids is 1. The van der Waals surface area contributed by atoms with E-state index in [0.717, 1.165) is 5.56 Å². The molecule has 6 heteroatoms. The zero-order chi connectivity index (χ0) is 17.2. The van der Waals surface area contributed by atoms with Gasteiger partial charge in [-0.2, -0.15) is 0 Å². The first-order chi connectivity index (χ1) is 12.2. The molecule has 1 amide bonds. The van der Waals surface area contributed by atoms with E-state index in [1.54, 1.807) is 54.9 Å². The van der Waals surface area contributed by atoms with Crippen molar-refractivity contribution in [2.24, 2.45) is 0 Å². The summed E-state index contributed by atoms with van der Waals surface area (Å²) in [5, 5.41) is 3.37. The Bertz CT molecular complexity index is 1040. The Morgan fingerprint density at radius 2 is 1.96 bits per heavy atom. The summed E-state index contributed by atoms with van der Waals surface area (Å²) >= 11 is 5.93. The lowest BCUT2D eigenvalue weighted by Gasteiger charge is -2.06. The highest BCUT2D eigenvalue weighted by molar-refractivity contribution is 6.31. The van der Waals surface area contributed by atoms with Gasteiger partial charge >= 0.3 is 0 Å². The summed E-state index contributed by atoms with van der Waals surface area (Å²) in [7, 11) is 0. The van der Waals surface area contributed by atoms with Crippen LogP contribution in [0.5, 0.6) is 0 Å². The van der Waals surface area contributed by atoms with Crippen LogP contribution in [-0.2, 0) is 0 Å². The average molecular weight is 350 g/mol. The summed E-state index contributed by atoms with van der Waals surface area (Å²) in [6.45, 7) is 0. The van der Waals surface area contributed by atoms with Crippen molar-refractivity contribution in [1.29, 1.82) is 0 Å². The molecular formula is C19H12ClN3O2. The molecule has 122 valence electrons. The molecule has 2 aromatic carbocycles. The number of anilines is 1. The molecule has 0 saturated carbocycles. The number of oxazole rings is 1. The zero-order valence-corrected chi connectivity index (χ0v) is 13.7. The summed E-state index contributed by atoms with van der Waals surface area (Å²) in [5.41, 5.74) is 3.25. The highest BCUT2D eigenvalue weighted by Crippen LogP contribution is 2.26. The number of fused-ring (bicyclic) bond motifs is 1. The first-order valence-electron chi connectivity index (χ1n) is 7.57. The molecule has 4 rings (SSSR count). The van der Waals surface area contributed by atoms with E-state index in [1.807, 2.05) is 12.1 Å². The third-order valence-corrected chi connectivity index (χ3v) is 3.88. The van der Waals surface area contributed by atoms with Crippen molar-refractivity contribution < 1.29 is 9.21 Å². The number of aromatic nitrogens is 2. The first-order valence-corrected chi connectivity index (χ1v) is 7.95. The maximum absolute atomic E-state index is 12.3. The van der Waals surface area contributed by atoms with Gasteiger partial charge in [-0.15, -0.1) is 0 Å². The van der Waals surface area contributed by atoms with E-state index in [-0.39, 0.29) is 5.91 Å². The lowest BCUT2D eigenvalue weighted by molar-refractivity contribution is 0.102. The number of nitrogens with one attached hydrogen (secondary N) is 1. The standard InChI is InChI=1S/C19H12ClN3O2/c20-14-5-1-3-12(9-14)18(24)22-15-6-2-4-13(10-15)19-23-16-11-21-8-7-17(16)25-19/h1-11H,(H,22,24). The second-order valence-corrected chi connectivity index (χ2v) is 5.84. The fourth-order valence-electron chi connectivity index (χ4n) is 2.47. The molecule has 0 bridgehead atoms. The summed E-state index contributed by atoms with van der Waals surface area (Å²) in [6, 6.07) is 15.9. The van der Waals surface area contributed by atoms with Gasteiger partial charge in [0, 0.05) is 34.1 Å². The fourth-order valence-corrected chi connectivity index (χ4v) is 2.66. The van der Waals surface area contributed by atoms with E-state index in [2.05, 4.69) is 15.3 Å². The van der Waals surface area contributed by atoms with Gasteiger partial charge in [0.1, 0.15) is 5.52 Å². The minimum absolute atomic E-state index is 0.235. The number of rotatable bonds is 3. The highest BCUT2D eigenvalue weighted by atomic mass is 35.5. The molecule has 0 saturated heterocycles. The van der Waals surface area contributed by atoms with Gasteiger partial charge in [0.15, 0.2) is 5.58 Å². The van der Waals surface area contributed by atoms with Gasteiger partial charge in [-0.25, -0.2) is 4.98 Å². The van der Waals surface area contributed by atoms with Crippen molar-refractivity contribution in [3.63, 3.8) is 0 Å². The normalized spacial score (nSPS) is 10.8. The smallest absolute Gasteiger partial charge is 0.255 e. The van der Waals surface area contributed by atoms with Crippen LogP contribution in [0.25, 0.3) is 22.6 Å². The number of pyridine rings is 1. The molecule has 4 aromatic rings. The van der Waals surface area contributed by atoms with Crippen molar-refractivity contribution in [3.05, 3.63) is 77.6 Å². The van der Waals surface area contributed by atoms with Gasteiger partial charge in [-0.1, -0.05) is 23.7 Å². The average Bonchev–Trinajstić information content (AvgIpc) is 3.06. The zero-order valence-electron chi connectivity index (χ0n) is 12.9. The largest absolute Gasteiger partial charge is 0.436 e. The number of nitrogens with zero attached hydrogens (tertiary/aromatic N) is 2. The molecule has 0 aliphatic heterocycles. The minimum atomic E-state index is -0.235. The fraction of sp³-hybridized carbons (Fsp3) is 0.